The lowest BCUT2D eigenvalue weighted by atomic mass is 10.0. The molecule has 0 aliphatic carbocycles. The van der Waals surface area contributed by atoms with Crippen molar-refractivity contribution in [2.75, 3.05) is 33.2 Å². The van der Waals surface area contributed by atoms with Crippen molar-refractivity contribution < 1.29 is 9.59 Å². The molecule has 1 aromatic rings. The van der Waals surface area contributed by atoms with Crippen molar-refractivity contribution in [3.05, 3.63) is 35.4 Å². The number of nitrogens with one attached hydrogen (secondary N) is 1. The van der Waals surface area contributed by atoms with E-state index >= 15 is 0 Å². The van der Waals surface area contributed by atoms with Gasteiger partial charge in [-0.15, -0.1) is 0 Å². The molecule has 2 amide bonds. The second-order valence-corrected chi connectivity index (χ2v) is 5.49. The maximum absolute atomic E-state index is 12.1. The van der Waals surface area contributed by atoms with E-state index in [9.17, 15) is 9.59 Å². The maximum Gasteiger partial charge on any atom is 0.242 e. The smallest absolute Gasteiger partial charge is 0.242 e. The molecule has 114 valence electrons. The van der Waals surface area contributed by atoms with E-state index in [0.717, 1.165) is 6.54 Å². The van der Waals surface area contributed by atoms with Crippen molar-refractivity contribution in [1.82, 2.24) is 15.1 Å². The first-order chi connectivity index (χ1) is 10.0. The first-order valence-electron chi connectivity index (χ1n) is 7.33. The molecule has 5 nitrogen and oxygen atoms in total. The fourth-order valence-electron chi connectivity index (χ4n) is 2.65. The second kappa shape index (κ2) is 6.72. The van der Waals surface area contributed by atoms with Gasteiger partial charge in [0.15, 0.2) is 0 Å². The lowest BCUT2D eigenvalue weighted by Crippen LogP contribution is -2.54. The number of carbonyl (C=O) groups excluding carboxylic acids is 2. The molecule has 1 fully saturated rings. The average Bonchev–Trinajstić information content (AvgIpc) is 2.44. The fraction of sp³-hybridized carbons (Fsp3) is 0.500. The predicted octanol–water partition coefficient (Wildman–Crippen LogP) is 0.946. The Morgan fingerprint density at radius 2 is 1.90 bits per heavy atom. The normalized spacial score (nSPS) is 17.3. The van der Waals surface area contributed by atoms with Crippen LogP contribution in [-0.2, 0) is 9.59 Å². The molecular formula is C16H23N3O2. The van der Waals surface area contributed by atoms with Gasteiger partial charge in [-0.3, -0.25) is 9.59 Å². The van der Waals surface area contributed by atoms with Gasteiger partial charge in [0.05, 0.1) is 19.1 Å². The Morgan fingerprint density at radius 3 is 2.57 bits per heavy atom. The van der Waals surface area contributed by atoms with Crippen molar-refractivity contribution in [2.24, 2.45) is 0 Å². The standard InChI is InChI=1S/C16H23N3O2/c1-4-17-14(13-8-6-5-7-12(13)2)9-19-11-15(20)18(3)10-16(19)21/h5-8,14,17H,4,9-11H2,1-3H3. The number of hydrogen-bond acceptors (Lipinski definition) is 3. The number of rotatable bonds is 5. The van der Waals surface area contributed by atoms with Crippen LogP contribution in [0.15, 0.2) is 24.3 Å². The fourth-order valence-corrected chi connectivity index (χ4v) is 2.65. The number of likely N-dealkylation sites (N-methyl/N-ethyl adjacent to an activating group) is 2. The van der Waals surface area contributed by atoms with Crippen LogP contribution in [0.4, 0.5) is 0 Å². The molecule has 1 aromatic carbocycles. The highest BCUT2D eigenvalue weighted by molar-refractivity contribution is 5.92. The molecule has 0 radical (unpaired) electrons. The number of amides is 2. The van der Waals surface area contributed by atoms with E-state index in [1.54, 1.807) is 11.9 Å². The summed E-state index contributed by atoms with van der Waals surface area (Å²) in [6.45, 7) is 5.79. The van der Waals surface area contributed by atoms with E-state index < -0.39 is 0 Å². The van der Waals surface area contributed by atoms with E-state index in [0.29, 0.717) is 6.54 Å². The largest absolute Gasteiger partial charge is 0.335 e. The van der Waals surface area contributed by atoms with E-state index in [2.05, 4.69) is 24.4 Å². The molecule has 5 heteroatoms. The number of piperazine rings is 1. The van der Waals surface area contributed by atoms with Gasteiger partial charge in [0.2, 0.25) is 11.8 Å². The highest BCUT2D eigenvalue weighted by Crippen LogP contribution is 2.19. The Bertz CT molecular complexity index is 530. The number of nitrogens with zero attached hydrogens (tertiary/aromatic N) is 2. The van der Waals surface area contributed by atoms with Crippen molar-refractivity contribution in [2.45, 2.75) is 19.9 Å². The van der Waals surface area contributed by atoms with Gasteiger partial charge in [-0.2, -0.15) is 0 Å². The quantitative estimate of drug-likeness (QED) is 0.878. The Hall–Kier alpha value is -1.88. The zero-order chi connectivity index (χ0) is 15.4. The zero-order valence-corrected chi connectivity index (χ0v) is 12.9. The molecule has 0 spiro atoms. The SMILES string of the molecule is CCNC(CN1CC(=O)N(C)CC1=O)c1ccccc1C. The minimum atomic E-state index is -0.00497. The van der Waals surface area contributed by atoms with Gasteiger partial charge >= 0.3 is 0 Å². The molecule has 0 bridgehead atoms. The highest BCUT2D eigenvalue weighted by atomic mass is 16.2. The average molecular weight is 289 g/mol. The van der Waals surface area contributed by atoms with Gasteiger partial charge in [-0.05, 0) is 24.6 Å². The lowest BCUT2D eigenvalue weighted by molar-refractivity contribution is -0.149. The summed E-state index contributed by atoms with van der Waals surface area (Å²) in [6, 6.07) is 8.20. The van der Waals surface area contributed by atoms with Crippen LogP contribution < -0.4 is 5.32 Å². The first kappa shape index (κ1) is 15.5. The zero-order valence-electron chi connectivity index (χ0n) is 12.9. The number of carbonyl (C=O) groups is 2. The molecule has 1 N–H and O–H groups in total. The molecular weight excluding hydrogens is 266 g/mol. The monoisotopic (exact) mass is 289 g/mol. The maximum atomic E-state index is 12.1. The Morgan fingerprint density at radius 1 is 1.19 bits per heavy atom. The Balaban J connectivity index is 2.15. The third-order valence-electron chi connectivity index (χ3n) is 3.89. The summed E-state index contributed by atoms with van der Waals surface area (Å²) in [4.78, 5) is 27.1. The first-order valence-corrected chi connectivity index (χ1v) is 7.33. The molecule has 2 rings (SSSR count). The van der Waals surface area contributed by atoms with Gasteiger partial charge in [-0.25, -0.2) is 0 Å². The molecule has 1 aliphatic rings. The van der Waals surface area contributed by atoms with Crippen molar-refractivity contribution in [1.29, 1.82) is 0 Å². The summed E-state index contributed by atoms with van der Waals surface area (Å²) in [6.07, 6.45) is 0. The van der Waals surface area contributed by atoms with Crippen LogP contribution in [0.5, 0.6) is 0 Å². The Labute approximate surface area is 125 Å². The van der Waals surface area contributed by atoms with E-state index in [4.69, 9.17) is 0 Å². The number of aryl methyl sites for hydroxylation is 1. The molecule has 1 unspecified atom stereocenters. The minimum absolute atomic E-state index is 0.00497. The second-order valence-electron chi connectivity index (χ2n) is 5.49. The third-order valence-corrected chi connectivity index (χ3v) is 3.89. The van der Waals surface area contributed by atoms with Crippen molar-refractivity contribution >= 4 is 11.8 Å². The number of benzene rings is 1. The van der Waals surface area contributed by atoms with Crippen LogP contribution in [-0.4, -0.2) is 54.8 Å². The highest BCUT2D eigenvalue weighted by Gasteiger charge is 2.29. The van der Waals surface area contributed by atoms with Crippen LogP contribution in [0.1, 0.15) is 24.1 Å². The summed E-state index contributed by atoms with van der Waals surface area (Å²) in [5.41, 5.74) is 2.37. The summed E-state index contributed by atoms with van der Waals surface area (Å²) in [7, 11) is 1.67. The van der Waals surface area contributed by atoms with Crippen molar-refractivity contribution in [3.63, 3.8) is 0 Å². The van der Waals surface area contributed by atoms with Crippen LogP contribution >= 0.6 is 0 Å². The Kier molecular flexibility index (Phi) is 4.96. The molecule has 0 aromatic heterocycles. The van der Waals surface area contributed by atoms with Crippen LogP contribution in [0.25, 0.3) is 0 Å². The van der Waals surface area contributed by atoms with Gasteiger partial charge in [0.1, 0.15) is 0 Å². The molecule has 1 atom stereocenters. The molecule has 1 heterocycles. The topological polar surface area (TPSA) is 52.7 Å². The minimum Gasteiger partial charge on any atom is -0.335 e. The van der Waals surface area contributed by atoms with Crippen LogP contribution in [0.2, 0.25) is 0 Å². The lowest BCUT2D eigenvalue weighted by Gasteiger charge is -2.34. The number of hydrogen-bond donors (Lipinski definition) is 1. The van der Waals surface area contributed by atoms with E-state index in [1.807, 2.05) is 19.1 Å². The molecule has 0 saturated carbocycles. The van der Waals surface area contributed by atoms with Gasteiger partial charge in [0.25, 0.3) is 0 Å². The summed E-state index contributed by atoms with van der Waals surface area (Å²) in [5.74, 6) is 0.00298. The van der Waals surface area contributed by atoms with Gasteiger partial charge < -0.3 is 15.1 Å². The van der Waals surface area contributed by atoms with E-state index in [-0.39, 0.29) is 30.9 Å². The summed E-state index contributed by atoms with van der Waals surface area (Å²) < 4.78 is 0. The molecule has 1 aliphatic heterocycles. The molecule has 21 heavy (non-hydrogen) atoms. The van der Waals surface area contributed by atoms with Gasteiger partial charge in [0, 0.05) is 13.6 Å². The van der Waals surface area contributed by atoms with Crippen molar-refractivity contribution in [3.8, 4) is 0 Å². The van der Waals surface area contributed by atoms with Crippen LogP contribution in [0, 0.1) is 6.92 Å². The predicted molar refractivity (Wildman–Crippen MR) is 81.8 cm³/mol. The van der Waals surface area contributed by atoms with E-state index in [1.165, 1.54) is 16.0 Å². The van der Waals surface area contributed by atoms with Gasteiger partial charge in [-0.1, -0.05) is 31.2 Å². The van der Waals surface area contributed by atoms with Crippen LogP contribution in [0.3, 0.4) is 0 Å². The summed E-state index contributed by atoms with van der Waals surface area (Å²) >= 11 is 0. The summed E-state index contributed by atoms with van der Waals surface area (Å²) in [5, 5.41) is 3.41. The molecule has 1 saturated heterocycles. The third kappa shape index (κ3) is 3.61.